The lowest BCUT2D eigenvalue weighted by molar-refractivity contribution is -0.129. The van der Waals surface area contributed by atoms with Gasteiger partial charge in [0.15, 0.2) is 5.16 Å². The second-order valence-electron chi connectivity index (χ2n) is 7.00. The Bertz CT molecular complexity index is 1030. The molecule has 0 aliphatic rings. The van der Waals surface area contributed by atoms with Crippen molar-refractivity contribution in [1.82, 2.24) is 14.5 Å². The number of hydrogen-bond donors (Lipinski definition) is 0. The zero-order valence-electron chi connectivity index (χ0n) is 17.8. The van der Waals surface area contributed by atoms with E-state index in [4.69, 9.17) is 9.72 Å². The number of aryl methyl sites for hydroxylation is 1. The highest BCUT2D eigenvalue weighted by atomic mass is 32.2. The molecular formula is C23H27N3O3S. The van der Waals surface area contributed by atoms with E-state index in [1.165, 1.54) is 11.8 Å². The molecule has 0 radical (unpaired) electrons. The smallest absolute Gasteiger partial charge is 0.338 e. The lowest BCUT2D eigenvalue weighted by atomic mass is 10.2. The van der Waals surface area contributed by atoms with Gasteiger partial charge in [-0.3, -0.25) is 4.79 Å². The second kappa shape index (κ2) is 9.80. The van der Waals surface area contributed by atoms with Crippen molar-refractivity contribution in [2.45, 2.75) is 44.3 Å². The maximum atomic E-state index is 12.9. The molecular weight excluding hydrogens is 398 g/mol. The largest absolute Gasteiger partial charge is 0.462 e. The molecule has 0 unspecified atom stereocenters. The highest BCUT2D eigenvalue weighted by Gasteiger charge is 2.22. The van der Waals surface area contributed by atoms with Crippen LogP contribution in [0.1, 0.15) is 36.7 Å². The lowest BCUT2D eigenvalue weighted by Crippen LogP contribution is -2.32. The topological polar surface area (TPSA) is 64.4 Å². The van der Waals surface area contributed by atoms with E-state index in [0.29, 0.717) is 18.7 Å². The van der Waals surface area contributed by atoms with Crippen LogP contribution in [0.3, 0.4) is 0 Å². The number of esters is 1. The Morgan fingerprint density at radius 1 is 1.17 bits per heavy atom. The van der Waals surface area contributed by atoms with E-state index < -0.39 is 0 Å². The Balaban J connectivity index is 1.78. The number of amides is 1. The molecule has 0 fully saturated rings. The zero-order valence-corrected chi connectivity index (χ0v) is 18.6. The Morgan fingerprint density at radius 3 is 2.57 bits per heavy atom. The molecule has 3 rings (SSSR count). The summed E-state index contributed by atoms with van der Waals surface area (Å²) < 4.78 is 7.15. The van der Waals surface area contributed by atoms with Gasteiger partial charge in [0.1, 0.15) is 0 Å². The van der Waals surface area contributed by atoms with Gasteiger partial charge in [0.25, 0.3) is 0 Å². The van der Waals surface area contributed by atoms with Gasteiger partial charge in [0.2, 0.25) is 5.91 Å². The minimum absolute atomic E-state index is 0.0470. The first kappa shape index (κ1) is 21.9. The van der Waals surface area contributed by atoms with E-state index in [-0.39, 0.29) is 17.1 Å². The van der Waals surface area contributed by atoms with E-state index in [1.807, 2.05) is 57.3 Å². The number of imidazole rings is 1. The molecule has 0 saturated heterocycles. The molecule has 0 aliphatic carbocycles. The molecule has 1 aromatic heterocycles. The minimum atomic E-state index is -0.356. The van der Waals surface area contributed by atoms with Gasteiger partial charge < -0.3 is 14.2 Å². The van der Waals surface area contributed by atoms with Crippen LogP contribution in [0.25, 0.3) is 11.0 Å². The molecule has 0 bridgehead atoms. The van der Waals surface area contributed by atoms with Crippen molar-refractivity contribution in [3.8, 4) is 0 Å². The molecule has 0 aliphatic heterocycles. The highest BCUT2D eigenvalue weighted by molar-refractivity contribution is 8.00. The fraction of sp³-hybridized carbons (Fsp3) is 0.348. The first-order chi connectivity index (χ1) is 14.4. The summed E-state index contributed by atoms with van der Waals surface area (Å²) >= 11 is 1.44. The van der Waals surface area contributed by atoms with E-state index in [0.717, 1.165) is 28.3 Å². The Labute approximate surface area is 181 Å². The van der Waals surface area contributed by atoms with Gasteiger partial charge in [-0.1, -0.05) is 42.1 Å². The lowest BCUT2D eigenvalue weighted by Gasteiger charge is -2.21. The van der Waals surface area contributed by atoms with Crippen molar-refractivity contribution in [2.24, 2.45) is 0 Å². The Kier molecular flexibility index (Phi) is 7.15. The molecule has 0 N–H and O–H groups in total. The second-order valence-corrected chi connectivity index (χ2v) is 8.31. The molecule has 0 spiro atoms. The molecule has 3 aromatic rings. The number of rotatable bonds is 8. The van der Waals surface area contributed by atoms with Crippen molar-refractivity contribution in [2.75, 3.05) is 13.7 Å². The van der Waals surface area contributed by atoms with Crippen LogP contribution in [0.15, 0.2) is 53.7 Å². The predicted octanol–water partition coefficient (Wildman–Crippen LogP) is 4.37. The van der Waals surface area contributed by atoms with Crippen LogP contribution in [0.4, 0.5) is 0 Å². The van der Waals surface area contributed by atoms with E-state index in [2.05, 4.69) is 4.57 Å². The summed E-state index contributed by atoms with van der Waals surface area (Å²) in [4.78, 5) is 31.4. The Hall–Kier alpha value is -2.80. The van der Waals surface area contributed by atoms with Gasteiger partial charge in [-0.15, -0.1) is 0 Å². The summed E-state index contributed by atoms with van der Waals surface area (Å²) in [6.45, 7) is 7.34. The number of benzene rings is 2. The van der Waals surface area contributed by atoms with Gasteiger partial charge in [0, 0.05) is 20.1 Å². The van der Waals surface area contributed by atoms with Gasteiger partial charge in [-0.25, -0.2) is 9.78 Å². The van der Waals surface area contributed by atoms with Crippen LogP contribution in [0, 0.1) is 0 Å². The normalized spacial score (nSPS) is 12.0. The van der Waals surface area contributed by atoms with Crippen molar-refractivity contribution >= 4 is 34.7 Å². The van der Waals surface area contributed by atoms with Gasteiger partial charge in [-0.05, 0) is 44.5 Å². The maximum absolute atomic E-state index is 12.9. The number of nitrogens with zero attached hydrogens (tertiary/aromatic N) is 3. The molecule has 1 amide bonds. The SMILES string of the molecule is CCOC(=O)c1ccc2c(c1)nc(S[C@H](C)C(=O)N(C)Cc1ccccc1)n2CC. The first-order valence-corrected chi connectivity index (χ1v) is 11.0. The van der Waals surface area contributed by atoms with Crippen molar-refractivity contribution in [1.29, 1.82) is 0 Å². The molecule has 1 atom stereocenters. The zero-order chi connectivity index (χ0) is 21.7. The quantitative estimate of drug-likeness (QED) is 0.396. The summed E-state index contributed by atoms with van der Waals surface area (Å²) in [5, 5.41) is 0.479. The van der Waals surface area contributed by atoms with Gasteiger partial charge in [-0.2, -0.15) is 0 Å². The number of ether oxygens (including phenoxy) is 1. The number of aromatic nitrogens is 2. The summed E-state index contributed by atoms with van der Waals surface area (Å²) in [5.74, 6) is -0.309. The summed E-state index contributed by atoms with van der Waals surface area (Å²) in [6, 6.07) is 15.3. The maximum Gasteiger partial charge on any atom is 0.338 e. The first-order valence-electron chi connectivity index (χ1n) is 10.1. The summed E-state index contributed by atoms with van der Waals surface area (Å²) in [6.07, 6.45) is 0. The monoisotopic (exact) mass is 425 g/mol. The molecule has 30 heavy (non-hydrogen) atoms. The van der Waals surface area contributed by atoms with Crippen LogP contribution >= 0.6 is 11.8 Å². The predicted molar refractivity (Wildman–Crippen MR) is 120 cm³/mol. The van der Waals surface area contributed by atoms with Crippen LogP contribution in [-0.4, -0.2) is 45.2 Å². The number of fused-ring (bicyclic) bond motifs is 1. The minimum Gasteiger partial charge on any atom is -0.462 e. The van der Waals surface area contributed by atoms with Crippen LogP contribution in [0.2, 0.25) is 0 Å². The average Bonchev–Trinajstić information content (AvgIpc) is 3.09. The van der Waals surface area contributed by atoms with Crippen molar-refractivity contribution in [3.63, 3.8) is 0 Å². The van der Waals surface area contributed by atoms with Crippen LogP contribution in [-0.2, 0) is 22.6 Å². The van der Waals surface area contributed by atoms with Crippen LogP contribution in [0.5, 0.6) is 0 Å². The summed E-state index contributed by atoms with van der Waals surface area (Å²) in [7, 11) is 1.82. The molecule has 158 valence electrons. The number of carbonyl (C=O) groups excluding carboxylic acids is 2. The molecule has 6 nitrogen and oxygen atoms in total. The number of thioether (sulfide) groups is 1. The van der Waals surface area contributed by atoms with E-state index in [9.17, 15) is 9.59 Å². The number of carbonyl (C=O) groups is 2. The number of hydrogen-bond acceptors (Lipinski definition) is 5. The van der Waals surface area contributed by atoms with Gasteiger partial charge in [0.05, 0.1) is 28.5 Å². The van der Waals surface area contributed by atoms with Gasteiger partial charge >= 0.3 is 5.97 Å². The highest BCUT2D eigenvalue weighted by Crippen LogP contribution is 2.29. The standard InChI is InChI=1S/C23H27N3O3S/c1-5-26-20-13-12-18(22(28)29-6-2)14-19(20)24-23(26)30-16(3)21(27)25(4)15-17-10-8-7-9-11-17/h7-14,16H,5-6,15H2,1-4H3/t16-/m1/s1. The summed E-state index contributed by atoms with van der Waals surface area (Å²) in [5.41, 5.74) is 3.23. The fourth-order valence-corrected chi connectivity index (χ4v) is 4.40. The Morgan fingerprint density at radius 2 is 1.90 bits per heavy atom. The van der Waals surface area contributed by atoms with Crippen molar-refractivity contribution in [3.05, 3.63) is 59.7 Å². The van der Waals surface area contributed by atoms with Crippen LogP contribution < -0.4 is 0 Å². The van der Waals surface area contributed by atoms with E-state index >= 15 is 0 Å². The molecule has 1 heterocycles. The average molecular weight is 426 g/mol. The molecule has 2 aromatic carbocycles. The molecule has 7 heteroatoms. The van der Waals surface area contributed by atoms with Crippen molar-refractivity contribution < 1.29 is 14.3 Å². The third-order valence-corrected chi connectivity index (χ3v) is 5.89. The fourth-order valence-electron chi connectivity index (χ4n) is 3.30. The third-order valence-electron chi connectivity index (χ3n) is 4.81. The van der Waals surface area contributed by atoms with E-state index in [1.54, 1.807) is 24.0 Å². The molecule has 0 saturated carbocycles. The third kappa shape index (κ3) is 4.84.